The lowest BCUT2D eigenvalue weighted by molar-refractivity contribution is -0.384. The molecule has 1 aromatic heterocycles. The molecule has 1 aliphatic rings. The lowest BCUT2D eigenvalue weighted by Crippen LogP contribution is -2.39. The molecular formula is C13H21N5O3. The lowest BCUT2D eigenvalue weighted by atomic mass is 9.85. The summed E-state index contributed by atoms with van der Waals surface area (Å²) in [5.41, 5.74) is -0.994. The van der Waals surface area contributed by atoms with E-state index >= 15 is 0 Å². The van der Waals surface area contributed by atoms with Crippen molar-refractivity contribution < 1.29 is 10.0 Å². The van der Waals surface area contributed by atoms with Gasteiger partial charge in [-0.05, 0) is 19.8 Å². The first kappa shape index (κ1) is 15.4. The molecule has 1 heterocycles. The Balaban J connectivity index is 2.12. The molecule has 3 N–H and O–H groups in total. The van der Waals surface area contributed by atoms with E-state index in [0.717, 1.165) is 19.3 Å². The maximum Gasteiger partial charge on any atom is 0.329 e. The van der Waals surface area contributed by atoms with Gasteiger partial charge >= 0.3 is 5.69 Å². The fourth-order valence-corrected chi connectivity index (χ4v) is 2.52. The molecular weight excluding hydrogens is 274 g/mol. The van der Waals surface area contributed by atoms with Crippen LogP contribution in [0.25, 0.3) is 0 Å². The van der Waals surface area contributed by atoms with E-state index in [9.17, 15) is 15.2 Å². The summed E-state index contributed by atoms with van der Waals surface area (Å²) in [5.74, 6) is 0.478. The normalized spacial score (nSPS) is 17.2. The van der Waals surface area contributed by atoms with Gasteiger partial charge < -0.3 is 15.7 Å². The fraction of sp³-hybridized carbons (Fsp3) is 0.692. The Bertz CT molecular complexity index is 503. The van der Waals surface area contributed by atoms with E-state index in [-0.39, 0.29) is 18.1 Å². The van der Waals surface area contributed by atoms with E-state index in [1.807, 2.05) is 6.92 Å². The third kappa shape index (κ3) is 4.01. The molecule has 0 atom stereocenters. The molecule has 0 aromatic carbocycles. The van der Waals surface area contributed by atoms with Crippen LogP contribution < -0.4 is 10.6 Å². The van der Waals surface area contributed by atoms with E-state index in [0.29, 0.717) is 25.3 Å². The molecule has 1 saturated carbocycles. The minimum atomic E-state index is -0.810. The Kier molecular flexibility index (Phi) is 4.89. The molecule has 116 valence electrons. The minimum Gasteiger partial charge on any atom is -0.388 e. The van der Waals surface area contributed by atoms with E-state index in [4.69, 9.17) is 0 Å². The number of nitro groups is 1. The molecule has 0 radical (unpaired) electrons. The van der Waals surface area contributed by atoms with Gasteiger partial charge in [-0.1, -0.05) is 19.3 Å². The summed E-state index contributed by atoms with van der Waals surface area (Å²) < 4.78 is 0. The van der Waals surface area contributed by atoms with Crippen LogP contribution in [0.15, 0.2) is 6.20 Å². The number of aliphatic hydroxyl groups is 1. The predicted octanol–water partition coefficient (Wildman–Crippen LogP) is 1.92. The number of nitrogens with zero attached hydrogens (tertiary/aromatic N) is 3. The number of nitrogens with one attached hydrogen (secondary N) is 2. The topological polar surface area (TPSA) is 113 Å². The van der Waals surface area contributed by atoms with Crippen LogP contribution in [0, 0.1) is 10.1 Å². The van der Waals surface area contributed by atoms with E-state index < -0.39 is 10.5 Å². The zero-order valence-corrected chi connectivity index (χ0v) is 12.1. The van der Waals surface area contributed by atoms with Gasteiger partial charge in [0.2, 0.25) is 11.8 Å². The summed E-state index contributed by atoms with van der Waals surface area (Å²) in [5, 5.41) is 27.3. The maximum absolute atomic E-state index is 11.0. The van der Waals surface area contributed by atoms with Crippen molar-refractivity contribution in [2.75, 3.05) is 23.7 Å². The molecule has 0 saturated heterocycles. The number of anilines is 2. The highest BCUT2D eigenvalue weighted by Gasteiger charge is 2.30. The quantitative estimate of drug-likeness (QED) is 0.542. The second kappa shape index (κ2) is 6.66. The zero-order chi connectivity index (χ0) is 15.3. The van der Waals surface area contributed by atoms with Gasteiger partial charge in [-0.2, -0.15) is 4.98 Å². The van der Waals surface area contributed by atoms with E-state index in [1.165, 1.54) is 6.20 Å². The summed E-state index contributed by atoms with van der Waals surface area (Å²) >= 11 is 0. The SMILES string of the molecule is CCNc1ncc([N+](=O)[O-])c(NCC2(O)CCCCC2)n1. The highest BCUT2D eigenvalue weighted by Crippen LogP contribution is 2.29. The van der Waals surface area contributed by atoms with Crippen LogP contribution in [0.3, 0.4) is 0 Å². The largest absolute Gasteiger partial charge is 0.388 e. The van der Waals surface area contributed by atoms with Gasteiger partial charge in [0.15, 0.2) is 0 Å². The molecule has 1 fully saturated rings. The maximum atomic E-state index is 11.0. The summed E-state index contributed by atoms with van der Waals surface area (Å²) in [4.78, 5) is 18.5. The fourth-order valence-electron chi connectivity index (χ4n) is 2.52. The van der Waals surface area contributed by atoms with Crippen molar-refractivity contribution >= 4 is 17.5 Å². The monoisotopic (exact) mass is 295 g/mol. The first-order chi connectivity index (χ1) is 10.0. The van der Waals surface area contributed by atoms with Crippen molar-refractivity contribution in [1.29, 1.82) is 0 Å². The van der Waals surface area contributed by atoms with Gasteiger partial charge in [0.1, 0.15) is 6.20 Å². The summed E-state index contributed by atoms with van der Waals surface area (Å²) in [7, 11) is 0. The van der Waals surface area contributed by atoms with Gasteiger partial charge in [-0.15, -0.1) is 0 Å². The smallest absolute Gasteiger partial charge is 0.329 e. The highest BCUT2D eigenvalue weighted by atomic mass is 16.6. The molecule has 21 heavy (non-hydrogen) atoms. The summed E-state index contributed by atoms with van der Waals surface area (Å²) in [6.07, 6.45) is 5.68. The van der Waals surface area contributed by atoms with Crippen LogP contribution in [0.2, 0.25) is 0 Å². The van der Waals surface area contributed by atoms with Crippen molar-refractivity contribution in [3.05, 3.63) is 16.3 Å². The Morgan fingerprint density at radius 3 is 2.71 bits per heavy atom. The molecule has 0 amide bonds. The minimum absolute atomic E-state index is 0.143. The Hall–Kier alpha value is -1.96. The van der Waals surface area contributed by atoms with Crippen molar-refractivity contribution in [2.24, 2.45) is 0 Å². The van der Waals surface area contributed by atoms with Crippen molar-refractivity contribution in [2.45, 2.75) is 44.6 Å². The Morgan fingerprint density at radius 1 is 1.38 bits per heavy atom. The van der Waals surface area contributed by atoms with Crippen LogP contribution in [-0.4, -0.2) is 38.7 Å². The molecule has 0 bridgehead atoms. The molecule has 8 heteroatoms. The molecule has 0 aliphatic heterocycles. The molecule has 1 aliphatic carbocycles. The van der Waals surface area contributed by atoms with Crippen molar-refractivity contribution in [1.82, 2.24) is 9.97 Å². The molecule has 0 unspecified atom stereocenters. The van der Waals surface area contributed by atoms with Gasteiger partial charge in [-0.3, -0.25) is 10.1 Å². The average molecular weight is 295 g/mol. The third-order valence-electron chi connectivity index (χ3n) is 3.67. The number of hydrogen-bond donors (Lipinski definition) is 3. The van der Waals surface area contributed by atoms with Crippen molar-refractivity contribution in [3.63, 3.8) is 0 Å². The third-order valence-corrected chi connectivity index (χ3v) is 3.67. The van der Waals surface area contributed by atoms with Gasteiger partial charge in [0, 0.05) is 13.1 Å². The molecule has 1 aromatic rings. The average Bonchev–Trinajstić information content (AvgIpc) is 2.46. The van der Waals surface area contributed by atoms with Gasteiger partial charge in [0.25, 0.3) is 0 Å². The van der Waals surface area contributed by atoms with Gasteiger partial charge in [0.05, 0.1) is 10.5 Å². The lowest BCUT2D eigenvalue weighted by Gasteiger charge is -2.32. The van der Waals surface area contributed by atoms with Crippen LogP contribution in [-0.2, 0) is 0 Å². The second-order valence-corrected chi connectivity index (χ2v) is 5.35. The molecule has 0 spiro atoms. The Morgan fingerprint density at radius 2 is 2.10 bits per heavy atom. The summed E-state index contributed by atoms with van der Waals surface area (Å²) in [6, 6.07) is 0. The van der Waals surface area contributed by atoms with Gasteiger partial charge in [-0.25, -0.2) is 4.98 Å². The van der Waals surface area contributed by atoms with Crippen LogP contribution in [0.4, 0.5) is 17.5 Å². The van der Waals surface area contributed by atoms with E-state index in [1.54, 1.807) is 0 Å². The first-order valence-electron chi connectivity index (χ1n) is 7.25. The highest BCUT2D eigenvalue weighted by molar-refractivity contribution is 5.57. The molecule has 8 nitrogen and oxygen atoms in total. The number of rotatable bonds is 6. The standard InChI is InChI=1S/C13H21N5O3/c1-2-14-12-15-8-10(18(20)21)11(17-12)16-9-13(19)6-4-3-5-7-13/h8,19H,2-7,9H2,1H3,(H2,14,15,16,17). The Labute approximate surface area is 123 Å². The van der Waals surface area contributed by atoms with Crippen LogP contribution >= 0.6 is 0 Å². The number of aromatic nitrogens is 2. The molecule has 2 rings (SSSR count). The van der Waals surface area contributed by atoms with Crippen LogP contribution in [0.1, 0.15) is 39.0 Å². The zero-order valence-electron chi connectivity index (χ0n) is 12.1. The predicted molar refractivity (Wildman–Crippen MR) is 79.4 cm³/mol. The second-order valence-electron chi connectivity index (χ2n) is 5.35. The van der Waals surface area contributed by atoms with Crippen molar-refractivity contribution in [3.8, 4) is 0 Å². The summed E-state index contributed by atoms with van der Waals surface area (Å²) in [6.45, 7) is 2.78. The first-order valence-corrected chi connectivity index (χ1v) is 7.25. The van der Waals surface area contributed by atoms with Crippen LogP contribution in [0.5, 0.6) is 0 Å². The number of hydrogen-bond acceptors (Lipinski definition) is 7. The van der Waals surface area contributed by atoms with E-state index in [2.05, 4.69) is 20.6 Å².